The van der Waals surface area contributed by atoms with Crippen molar-refractivity contribution in [1.29, 1.82) is 0 Å². The number of hydrogen-bond acceptors (Lipinski definition) is 4. The maximum absolute atomic E-state index is 5.64. The number of pyridine rings is 2. The highest BCUT2D eigenvalue weighted by Crippen LogP contribution is 2.05. The van der Waals surface area contributed by atoms with Crippen molar-refractivity contribution in [1.82, 2.24) is 9.97 Å². The number of hydrogen-bond donors (Lipinski definition) is 0. The van der Waals surface area contributed by atoms with Crippen LogP contribution in [0.2, 0.25) is 0 Å². The predicted molar refractivity (Wildman–Crippen MR) is 86.3 cm³/mol. The molecule has 0 aliphatic heterocycles. The highest BCUT2D eigenvalue weighted by atomic mass is 16.5. The van der Waals surface area contributed by atoms with Gasteiger partial charge in [-0.15, -0.1) is 0 Å². The number of aromatic nitrogens is 2. The van der Waals surface area contributed by atoms with Crippen LogP contribution in [0.15, 0.2) is 49.1 Å². The molecule has 0 bridgehead atoms. The largest absolute Gasteiger partial charge is 0.377 e. The van der Waals surface area contributed by atoms with Gasteiger partial charge in [0.05, 0.1) is 13.2 Å². The molecule has 0 fully saturated rings. The summed E-state index contributed by atoms with van der Waals surface area (Å²) >= 11 is 0. The van der Waals surface area contributed by atoms with Crippen LogP contribution < -0.4 is 0 Å². The molecule has 2 rings (SSSR count). The summed E-state index contributed by atoms with van der Waals surface area (Å²) in [5.41, 5.74) is 2.36. The zero-order valence-corrected chi connectivity index (χ0v) is 13.0. The first-order chi connectivity index (χ1) is 10.9. The molecule has 0 N–H and O–H groups in total. The number of nitrogens with zero attached hydrogens (tertiary/aromatic N) is 2. The fourth-order valence-electron chi connectivity index (χ4n) is 2.10. The van der Waals surface area contributed by atoms with Crippen molar-refractivity contribution in [2.45, 2.75) is 38.9 Å². The molecule has 0 radical (unpaired) electrons. The van der Waals surface area contributed by atoms with E-state index in [4.69, 9.17) is 9.47 Å². The fourth-order valence-corrected chi connectivity index (χ4v) is 2.10. The standard InChI is InChI=1S/C18H24N2O2/c1(3-13-21-15-17-5-9-19-10-6-17)2-4-14-22-16-18-7-11-20-12-8-18/h5-12H,1-4,13-16H2. The van der Waals surface area contributed by atoms with Gasteiger partial charge in [0.1, 0.15) is 0 Å². The topological polar surface area (TPSA) is 44.2 Å². The first kappa shape index (κ1) is 16.6. The predicted octanol–water partition coefficient (Wildman–Crippen LogP) is 3.77. The lowest BCUT2D eigenvalue weighted by Gasteiger charge is -2.05. The van der Waals surface area contributed by atoms with E-state index >= 15 is 0 Å². The number of ether oxygens (including phenoxy) is 2. The molecular weight excluding hydrogens is 276 g/mol. The normalized spacial score (nSPS) is 10.7. The highest BCUT2D eigenvalue weighted by Gasteiger charge is 1.95. The molecule has 0 saturated carbocycles. The lowest BCUT2D eigenvalue weighted by molar-refractivity contribution is 0.108. The van der Waals surface area contributed by atoms with Crippen LogP contribution in [-0.4, -0.2) is 23.2 Å². The smallest absolute Gasteiger partial charge is 0.0717 e. The molecule has 0 aromatic carbocycles. The molecule has 0 saturated heterocycles. The van der Waals surface area contributed by atoms with Crippen molar-refractivity contribution in [2.75, 3.05) is 13.2 Å². The maximum atomic E-state index is 5.64. The Bertz CT molecular complexity index is 443. The Hall–Kier alpha value is -1.78. The Labute approximate surface area is 132 Å². The van der Waals surface area contributed by atoms with Gasteiger partial charge in [-0.3, -0.25) is 9.97 Å². The molecule has 0 aliphatic carbocycles. The van der Waals surface area contributed by atoms with Gasteiger partial charge in [0.25, 0.3) is 0 Å². The second-order valence-corrected chi connectivity index (χ2v) is 5.23. The van der Waals surface area contributed by atoms with Gasteiger partial charge >= 0.3 is 0 Å². The Morgan fingerprint density at radius 3 is 1.41 bits per heavy atom. The molecule has 22 heavy (non-hydrogen) atoms. The Kier molecular flexibility index (Phi) is 8.20. The summed E-state index contributed by atoms with van der Waals surface area (Å²) in [6.07, 6.45) is 11.8. The van der Waals surface area contributed by atoms with Crippen molar-refractivity contribution in [3.8, 4) is 0 Å². The minimum Gasteiger partial charge on any atom is -0.377 e. The van der Waals surface area contributed by atoms with E-state index in [0.29, 0.717) is 13.2 Å². The summed E-state index contributed by atoms with van der Waals surface area (Å²) in [6, 6.07) is 7.94. The van der Waals surface area contributed by atoms with Crippen molar-refractivity contribution >= 4 is 0 Å². The van der Waals surface area contributed by atoms with Gasteiger partial charge in [-0.05, 0) is 48.2 Å². The number of rotatable bonds is 11. The minimum absolute atomic E-state index is 0.678. The van der Waals surface area contributed by atoms with Crippen molar-refractivity contribution < 1.29 is 9.47 Å². The van der Waals surface area contributed by atoms with Crippen LogP contribution in [0.4, 0.5) is 0 Å². The van der Waals surface area contributed by atoms with Gasteiger partial charge in [-0.25, -0.2) is 0 Å². The van der Waals surface area contributed by atoms with E-state index in [1.54, 1.807) is 24.8 Å². The molecule has 2 heterocycles. The van der Waals surface area contributed by atoms with Crippen LogP contribution in [0.1, 0.15) is 36.8 Å². The third-order valence-corrected chi connectivity index (χ3v) is 3.36. The van der Waals surface area contributed by atoms with E-state index in [2.05, 4.69) is 9.97 Å². The lowest BCUT2D eigenvalue weighted by atomic mass is 10.2. The molecule has 2 aromatic heterocycles. The lowest BCUT2D eigenvalue weighted by Crippen LogP contribution is -1.98. The molecule has 4 nitrogen and oxygen atoms in total. The van der Waals surface area contributed by atoms with E-state index in [-0.39, 0.29) is 0 Å². The van der Waals surface area contributed by atoms with Crippen LogP contribution >= 0.6 is 0 Å². The zero-order valence-electron chi connectivity index (χ0n) is 13.0. The van der Waals surface area contributed by atoms with Gasteiger partial charge in [0, 0.05) is 38.0 Å². The van der Waals surface area contributed by atoms with E-state index in [0.717, 1.165) is 26.1 Å². The van der Waals surface area contributed by atoms with E-state index < -0.39 is 0 Å². The third-order valence-electron chi connectivity index (χ3n) is 3.36. The first-order valence-electron chi connectivity index (χ1n) is 7.88. The molecule has 0 spiro atoms. The second kappa shape index (κ2) is 10.9. The number of unbranched alkanes of at least 4 members (excludes halogenated alkanes) is 3. The van der Waals surface area contributed by atoms with Crippen LogP contribution in [0.3, 0.4) is 0 Å². The monoisotopic (exact) mass is 300 g/mol. The minimum atomic E-state index is 0.678. The van der Waals surface area contributed by atoms with Crippen molar-refractivity contribution in [3.05, 3.63) is 60.2 Å². The summed E-state index contributed by atoms with van der Waals surface area (Å²) < 4.78 is 11.3. The molecule has 0 amide bonds. The van der Waals surface area contributed by atoms with Crippen LogP contribution in [0.25, 0.3) is 0 Å². The highest BCUT2D eigenvalue weighted by molar-refractivity contribution is 5.08. The summed E-state index contributed by atoms with van der Waals surface area (Å²) in [5, 5.41) is 0. The van der Waals surface area contributed by atoms with Gasteiger partial charge in [0.15, 0.2) is 0 Å². The van der Waals surface area contributed by atoms with Crippen LogP contribution in [-0.2, 0) is 22.7 Å². The summed E-state index contributed by atoms with van der Waals surface area (Å²) in [6.45, 7) is 3.00. The van der Waals surface area contributed by atoms with E-state index in [9.17, 15) is 0 Å². The maximum Gasteiger partial charge on any atom is 0.0717 e. The zero-order chi connectivity index (χ0) is 15.3. The molecule has 2 aromatic rings. The van der Waals surface area contributed by atoms with Crippen LogP contribution in [0, 0.1) is 0 Å². The van der Waals surface area contributed by atoms with Gasteiger partial charge < -0.3 is 9.47 Å². The van der Waals surface area contributed by atoms with Gasteiger partial charge in [-0.2, -0.15) is 0 Å². The molecule has 118 valence electrons. The quantitative estimate of drug-likeness (QED) is 0.593. The Balaban J connectivity index is 1.37. The summed E-state index contributed by atoms with van der Waals surface area (Å²) in [4.78, 5) is 7.97. The fraction of sp³-hybridized carbons (Fsp3) is 0.444. The molecule has 4 heteroatoms. The first-order valence-corrected chi connectivity index (χ1v) is 7.88. The Morgan fingerprint density at radius 1 is 0.591 bits per heavy atom. The average molecular weight is 300 g/mol. The Morgan fingerprint density at radius 2 is 1.00 bits per heavy atom. The van der Waals surface area contributed by atoms with Crippen molar-refractivity contribution in [3.63, 3.8) is 0 Å². The SMILES string of the molecule is c1cc(COCCCCCCOCc2ccncc2)ccn1. The molecular formula is C18H24N2O2. The summed E-state index contributed by atoms with van der Waals surface area (Å²) in [7, 11) is 0. The van der Waals surface area contributed by atoms with Crippen molar-refractivity contribution in [2.24, 2.45) is 0 Å². The molecule has 0 aliphatic rings. The third kappa shape index (κ3) is 7.29. The second-order valence-electron chi connectivity index (χ2n) is 5.23. The molecule has 0 atom stereocenters. The average Bonchev–Trinajstić information content (AvgIpc) is 2.58. The van der Waals surface area contributed by atoms with Crippen LogP contribution in [0.5, 0.6) is 0 Å². The van der Waals surface area contributed by atoms with Gasteiger partial charge in [-0.1, -0.05) is 12.8 Å². The molecule has 0 unspecified atom stereocenters. The van der Waals surface area contributed by atoms with E-state index in [1.807, 2.05) is 24.3 Å². The van der Waals surface area contributed by atoms with Gasteiger partial charge in [0.2, 0.25) is 0 Å². The summed E-state index contributed by atoms with van der Waals surface area (Å²) in [5.74, 6) is 0. The van der Waals surface area contributed by atoms with E-state index in [1.165, 1.54) is 24.0 Å².